The van der Waals surface area contributed by atoms with E-state index in [0.29, 0.717) is 0 Å². The first-order valence-electron chi connectivity index (χ1n) is 23.1. The van der Waals surface area contributed by atoms with Gasteiger partial charge in [-0.2, -0.15) is 0 Å². The van der Waals surface area contributed by atoms with Gasteiger partial charge in [0.05, 0.1) is 23.5 Å². The lowest BCUT2D eigenvalue weighted by Crippen LogP contribution is -2.60. The smallest absolute Gasteiger partial charge is 0.303 e. The van der Waals surface area contributed by atoms with Crippen LogP contribution in [-0.2, 0) is 98.9 Å². The first kappa shape index (κ1) is 55.1. The van der Waals surface area contributed by atoms with E-state index in [4.69, 9.17) is 56.8 Å². The Morgan fingerprint density at radius 1 is 0.461 bits per heavy atom. The highest BCUT2D eigenvalue weighted by atomic mass is 16.7. The maximum absolute atomic E-state index is 14.6. The number of aromatic nitrogens is 6. The molecular formula is C48H50N6O22. The average Bonchev–Trinajstić information content (AvgIpc) is 4.03. The molecule has 0 unspecified atom stereocenters. The third-order valence-corrected chi connectivity index (χ3v) is 11.3. The predicted octanol–water partition coefficient (Wildman–Crippen LogP) is 1.31. The Kier molecular flexibility index (Phi) is 17.2. The van der Waals surface area contributed by atoms with Crippen molar-refractivity contribution >= 4 is 59.3 Å². The first-order chi connectivity index (χ1) is 36.1. The minimum absolute atomic E-state index is 0.0149. The lowest BCUT2D eigenvalue weighted by molar-refractivity contribution is -0.270. The molecule has 0 radical (unpaired) electrons. The van der Waals surface area contributed by atoms with Gasteiger partial charge in [-0.1, -0.05) is 34.7 Å². The van der Waals surface area contributed by atoms with E-state index < -0.39 is 134 Å². The van der Waals surface area contributed by atoms with Gasteiger partial charge in [-0.3, -0.25) is 47.9 Å². The van der Waals surface area contributed by atoms with E-state index in [0.717, 1.165) is 64.8 Å². The molecule has 2 aliphatic heterocycles. The molecule has 2 saturated heterocycles. The molecule has 76 heavy (non-hydrogen) atoms. The zero-order valence-electron chi connectivity index (χ0n) is 41.9. The summed E-state index contributed by atoms with van der Waals surface area (Å²) in [7, 11) is 0. The number of ketones is 2. The number of benzene rings is 2. The summed E-state index contributed by atoms with van der Waals surface area (Å²) in [6, 6.07) is 8.82. The van der Waals surface area contributed by atoms with Crippen LogP contribution in [0.3, 0.4) is 0 Å². The van der Waals surface area contributed by atoms with Gasteiger partial charge < -0.3 is 56.8 Å². The highest BCUT2D eigenvalue weighted by Crippen LogP contribution is 2.39. The zero-order valence-corrected chi connectivity index (χ0v) is 41.9. The molecule has 7 rings (SSSR count). The molecule has 0 N–H and O–H groups in total. The molecule has 0 saturated carbocycles. The van der Waals surface area contributed by atoms with Crippen LogP contribution in [0.1, 0.15) is 111 Å². The van der Waals surface area contributed by atoms with Crippen LogP contribution < -0.4 is 9.47 Å². The highest BCUT2D eigenvalue weighted by Gasteiger charge is 2.55. The molecule has 10 atom stereocenters. The van der Waals surface area contributed by atoms with Crippen molar-refractivity contribution < 1.29 is 105 Å². The van der Waals surface area contributed by atoms with Crippen LogP contribution in [0.15, 0.2) is 48.8 Å². The molecule has 28 nitrogen and oxygen atoms in total. The summed E-state index contributed by atoms with van der Waals surface area (Å²) in [6.45, 7) is 7.06. The van der Waals surface area contributed by atoms with Crippen LogP contribution in [0.4, 0.5) is 0 Å². The van der Waals surface area contributed by atoms with Crippen LogP contribution in [0.2, 0.25) is 0 Å². The van der Waals surface area contributed by atoms with Crippen molar-refractivity contribution in [2.45, 2.75) is 130 Å². The first-order valence-corrected chi connectivity index (χ1v) is 23.1. The van der Waals surface area contributed by atoms with E-state index >= 15 is 0 Å². The van der Waals surface area contributed by atoms with Gasteiger partial charge in [0.15, 0.2) is 54.9 Å². The molecular weight excluding hydrogens is 1010 g/mol. The average molecular weight is 1060 g/mol. The Morgan fingerprint density at radius 3 is 1.14 bits per heavy atom. The fraction of sp³-hybridized carbons (Fsp3) is 0.458. The number of esters is 8. The normalized spacial score (nSPS) is 23.6. The number of nitrogens with zero attached hydrogens (tertiary/aromatic N) is 6. The standard InChI is InChI=1S/C48H50N6O22/c1-21(55)65-19-35-41(69-23(3)57)43(71-25(5)59)45(73-27(7)61)47(75-35)53-15-29(49-51-53)17-67-33-13-9-11-31-37(33)40(64)38-32(39(31)63)12-10-14-34(38)68-18-30-16-54(52-50-30)48-46(74-28(8)62)44(72-26(6)60)42(70-24(4)58)36(76-48)20-66-22(2)56/h9-16,35-36,41-48H,17-20H2,1-8H3/t35-,36+,41-,42+,43+,44-,45-,46+,47-,48+. The SMILES string of the molecule is CC(=O)OC[C@@H]1O[C@H](n2cc(COc3cccc4c3C(=O)c3c(OCc5cn([C@@H]6O[C@H](COC(C)=O)[C@@H](OC(C)=O)[C@H](OC(C)=O)[C@H]6OC(C)=O)nn5)cccc3C4=O)nn2)[C@@H](OC(C)=O)[C@H](OC(C)=O)[C@H]1OC(C)=O. The van der Waals surface area contributed by atoms with E-state index in [2.05, 4.69) is 20.6 Å². The largest absolute Gasteiger partial charge is 0.486 e. The number of ether oxygens (including phenoxy) is 12. The second-order valence-electron chi connectivity index (χ2n) is 17.2. The topological polar surface area (TPSA) is 343 Å². The van der Waals surface area contributed by atoms with Gasteiger partial charge >= 0.3 is 47.8 Å². The number of rotatable bonds is 18. The minimum Gasteiger partial charge on any atom is -0.486 e. The summed E-state index contributed by atoms with van der Waals surface area (Å²) in [5, 5.41) is 16.5. The van der Waals surface area contributed by atoms with Gasteiger partial charge in [0.2, 0.25) is 5.78 Å². The molecule has 0 amide bonds. The van der Waals surface area contributed by atoms with E-state index in [9.17, 15) is 47.9 Å². The molecule has 28 heteroatoms. The van der Waals surface area contributed by atoms with Crippen molar-refractivity contribution in [2.24, 2.45) is 0 Å². The molecule has 2 fully saturated rings. The highest BCUT2D eigenvalue weighted by molar-refractivity contribution is 6.30. The zero-order chi connectivity index (χ0) is 55.1. The molecule has 2 aromatic heterocycles. The molecule has 3 aliphatic rings. The lowest BCUT2D eigenvalue weighted by Gasteiger charge is -2.44. The van der Waals surface area contributed by atoms with Gasteiger partial charge in [0.25, 0.3) is 0 Å². The van der Waals surface area contributed by atoms with Gasteiger partial charge in [-0.25, -0.2) is 9.36 Å². The number of carbonyl (C=O) groups is 10. The number of carbonyl (C=O) groups excluding carboxylic acids is 10. The van der Waals surface area contributed by atoms with Crippen molar-refractivity contribution in [3.8, 4) is 11.5 Å². The van der Waals surface area contributed by atoms with Crippen molar-refractivity contribution in [2.75, 3.05) is 13.2 Å². The number of fused-ring (bicyclic) bond motifs is 2. The maximum Gasteiger partial charge on any atom is 0.303 e. The van der Waals surface area contributed by atoms with Crippen LogP contribution >= 0.6 is 0 Å². The Labute approximate surface area is 430 Å². The summed E-state index contributed by atoms with van der Waals surface area (Å²) < 4.78 is 70.0. The molecule has 1 aliphatic carbocycles. The summed E-state index contributed by atoms with van der Waals surface area (Å²) in [4.78, 5) is 126. The summed E-state index contributed by atoms with van der Waals surface area (Å²) in [5.41, 5.74) is 0.0279. The second-order valence-corrected chi connectivity index (χ2v) is 17.2. The Morgan fingerprint density at radius 2 is 0.803 bits per heavy atom. The third kappa shape index (κ3) is 12.8. The second kappa shape index (κ2) is 23.7. The van der Waals surface area contributed by atoms with Crippen LogP contribution in [-0.4, -0.2) is 151 Å². The van der Waals surface area contributed by atoms with E-state index in [1.165, 1.54) is 48.8 Å². The van der Waals surface area contributed by atoms with Crippen molar-refractivity contribution in [3.05, 3.63) is 82.4 Å². The molecule has 4 aromatic rings. The Balaban J connectivity index is 1.12. The van der Waals surface area contributed by atoms with E-state index in [-0.39, 0.29) is 58.4 Å². The molecule has 2 aromatic carbocycles. The van der Waals surface area contributed by atoms with Gasteiger partial charge in [-0.05, 0) is 12.1 Å². The number of hydrogen-bond acceptors (Lipinski definition) is 26. The van der Waals surface area contributed by atoms with Crippen molar-refractivity contribution in [1.82, 2.24) is 30.0 Å². The van der Waals surface area contributed by atoms with Crippen LogP contribution in [0.25, 0.3) is 0 Å². The maximum atomic E-state index is 14.6. The number of hydrogen-bond donors (Lipinski definition) is 0. The summed E-state index contributed by atoms with van der Waals surface area (Å²) >= 11 is 0. The van der Waals surface area contributed by atoms with Crippen molar-refractivity contribution in [1.29, 1.82) is 0 Å². The Bertz CT molecular complexity index is 2740. The van der Waals surface area contributed by atoms with Crippen molar-refractivity contribution in [3.63, 3.8) is 0 Å². The van der Waals surface area contributed by atoms with Crippen LogP contribution in [0, 0.1) is 0 Å². The van der Waals surface area contributed by atoms with Crippen LogP contribution in [0.5, 0.6) is 11.5 Å². The molecule has 4 heterocycles. The third-order valence-electron chi connectivity index (χ3n) is 11.3. The molecule has 0 bridgehead atoms. The summed E-state index contributed by atoms with van der Waals surface area (Å²) in [5.74, 6) is -7.65. The summed E-state index contributed by atoms with van der Waals surface area (Å²) in [6.07, 6.45) is -11.5. The fourth-order valence-electron chi connectivity index (χ4n) is 8.57. The van der Waals surface area contributed by atoms with Gasteiger partial charge in [-0.15, -0.1) is 10.2 Å². The monoisotopic (exact) mass is 1060 g/mol. The Hall–Kier alpha value is -8.66. The van der Waals surface area contributed by atoms with Gasteiger partial charge in [0.1, 0.15) is 61.5 Å². The van der Waals surface area contributed by atoms with E-state index in [1.807, 2.05) is 0 Å². The molecule has 404 valence electrons. The fourth-order valence-corrected chi connectivity index (χ4v) is 8.57. The van der Waals surface area contributed by atoms with E-state index in [1.54, 1.807) is 0 Å². The predicted molar refractivity (Wildman–Crippen MR) is 243 cm³/mol. The quantitative estimate of drug-likeness (QED) is 0.0882. The minimum atomic E-state index is -1.49. The molecule has 0 spiro atoms. The van der Waals surface area contributed by atoms with Gasteiger partial charge in [0, 0.05) is 66.5 Å². The lowest BCUT2D eigenvalue weighted by atomic mass is 9.83.